The number of halogens is 1. The lowest BCUT2D eigenvalue weighted by atomic mass is 10.1. The Morgan fingerprint density at radius 2 is 1.94 bits per heavy atom. The molecule has 0 aliphatic rings. The van der Waals surface area contributed by atoms with Gasteiger partial charge in [0.15, 0.2) is 0 Å². The van der Waals surface area contributed by atoms with E-state index in [0.717, 1.165) is 34.1 Å². The number of anilines is 1. The van der Waals surface area contributed by atoms with E-state index < -0.39 is 0 Å². The Kier molecular flexibility index (Phi) is 4.11. The van der Waals surface area contributed by atoms with Crippen LogP contribution in [0.15, 0.2) is 42.5 Å². The van der Waals surface area contributed by atoms with E-state index in [1.54, 1.807) is 7.11 Å². The average Bonchev–Trinajstić information content (AvgIpc) is 2.40. The van der Waals surface area contributed by atoms with Gasteiger partial charge in [0.25, 0.3) is 0 Å². The SMILES string of the molecule is COc1ccccc1NCc1ccc(C)c(Cl)c1. The van der Waals surface area contributed by atoms with Gasteiger partial charge in [0.05, 0.1) is 12.8 Å². The predicted molar refractivity (Wildman–Crippen MR) is 76.5 cm³/mol. The summed E-state index contributed by atoms with van der Waals surface area (Å²) < 4.78 is 5.29. The molecular weight excluding hydrogens is 246 g/mol. The molecule has 0 saturated heterocycles. The monoisotopic (exact) mass is 261 g/mol. The lowest BCUT2D eigenvalue weighted by Crippen LogP contribution is -2.01. The summed E-state index contributed by atoms with van der Waals surface area (Å²) in [7, 11) is 1.67. The fourth-order valence-electron chi connectivity index (χ4n) is 1.73. The highest BCUT2D eigenvalue weighted by Crippen LogP contribution is 2.24. The predicted octanol–water partition coefficient (Wildman–Crippen LogP) is 4.27. The number of ether oxygens (including phenoxy) is 1. The van der Waals surface area contributed by atoms with Crippen LogP contribution in [0.1, 0.15) is 11.1 Å². The molecule has 0 spiro atoms. The van der Waals surface area contributed by atoms with Crippen LogP contribution in [0.5, 0.6) is 5.75 Å². The molecule has 0 radical (unpaired) electrons. The molecule has 0 aliphatic carbocycles. The highest BCUT2D eigenvalue weighted by Gasteiger charge is 2.02. The Hall–Kier alpha value is -1.67. The van der Waals surface area contributed by atoms with E-state index in [1.165, 1.54) is 0 Å². The molecule has 94 valence electrons. The van der Waals surface area contributed by atoms with Crippen LogP contribution >= 0.6 is 11.6 Å². The van der Waals surface area contributed by atoms with E-state index in [1.807, 2.05) is 43.3 Å². The summed E-state index contributed by atoms with van der Waals surface area (Å²) in [4.78, 5) is 0. The van der Waals surface area contributed by atoms with Crippen molar-refractivity contribution in [3.8, 4) is 5.75 Å². The highest BCUT2D eigenvalue weighted by molar-refractivity contribution is 6.31. The zero-order valence-electron chi connectivity index (χ0n) is 10.5. The minimum Gasteiger partial charge on any atom is -0.495 e. The maximum atomic E-state index is 6.10. The first kappa shape index (κ1) is 12.8. The largest absolute Gasteiger partial charge is 0.495 e. The Labute approximate surface area is 113 Å². The van der Waals surface area contributed by atoms with E-state index in [2.05, 4.69) is 11.4 Å². The molecule has 1 N–H and O–H groups in total. The van der Waals surface area contributed by atoms with Gasteiger partial charge in [-0.3, -0.25) is 0 Å². The van der Waals surface area contributed by atoms with E-state index in [-0.39, 0.29) is 0 Å². The Bertz CT molecular complexity index is 540. The smallest absolute Gasteiger partial charge is 0.141 e. The molecule has 2 aromatic rings. The van der Waals surface area contributed by atoms with Crippen LogP contribution in [-0.2, 0) is 6.54 Å². The van der Waals surface area contributed by atoms with Crippen molar-refractivity contribution in [3.63, 3.8) is 0 Å². The number of hydrogen-bond acceptors (Lipinski definition) is 2. The van der Waals surface area contributed by atoms with Gasteiger partial charge >= 0.3 is 0 Å². The summed E-state index contributed by atoms with van der Waals surface area (Å²) in [6, 6.07) is 13.9. The third-order valence-electron chi connectivity index (χ3n) is 2.83. The van der Waals surface area contributed by atoms with Crippen LogP contribution in [-0.4, -0.2) is 7.11 Å². The van der Waals surface area contributed by atoms with E-state index in [0.29, 0.717) is 0 Å². The molecule has 2 rings (SSSR count). The van der Waals surface area contributed by atoms with Crippen LogP contribution in [0.25, 0.3) is 0 Å². The molecule has 0 aliphatic heterocycles. The second kappa shape index (κ2) is 5.78. The van der Waals surface area contributed by atoms with Crippen LogP contribution in [0.3, 0.4) is 0 Å². The first-order valence-electron chi connectivity index (χ1n) is 5.82. The number of aryl methyl sites for hydroxylation is 1. The summed E-state index contributed by atoms with van der Waals surface area (Å²) in [5.41, 5.74) is 3.23. The fraction of sp³-hybridized carbons (Fsp3) is 0.200. The second-order valence-corrected chi connectivity index (χ2v) is 4.54. The number of hydrogen-bond donors (Lipinski definition) is 1. The molecule has 3 heteroatoms. The minimum absolute atomic E-state index is 0.723. The molecule has 0 heterocycles. The minimum atomic E-state index is 0.723. The van der Waals surface area contributed by atoms with Gasteiger partial charge in [-0.05, 0) is 36.2 Å². The quantitative estimate of drug-likeness (QED) is 0.888. The van der Waals surface area contributed by atoms with Gasteiger partial charge < -0.3 is 10.1 Å². The van der Waals surface area contributed by atoms with Crippen molar-refractivity contribution < 1.29 is 4.74 Å². The molecule has 0 amide bonds. The van der Waals surface area contributed by atoms with Crippen molar-refractivity contribution in [3.05, 3.63) is 58.6 Å². The third-order valence-corrected chi connectivity index (χ3v) is 3.23. The second-order valence-electron chi connectivity index (χ2n) is 4.14. The molecule has 0 bridgehead atoms. The van der Waals surface area contributed by atoms with Gasteiger partial charge in [-0.2, -0.15) is 0 Å². The van der Waals surface area contributed by atoms with Crippen molar-refractivity contribution in [2.75, 3.05) is 12.4 Å². The topological polar surface area (TPSA) is 21.3 Å². The number of para-hydroxylation sites is 2. The zero-order chi connectivity index (χ0) is 13.0. The number of methoxy groups -OCH3 is 1. The van der Waals surface area contributed by atoms with Crippen molar-refractivity contribution in [2.24, 2.45) is 0 Å². The van der Waals surface area contributed by atoms with Crippen LogP contribution in [0.4, 0.5) is 5.69 Å². The van der Waals surface area contributed by atoms with E-state index in [9.17, 15) is 0 Å². The number of benzene rings is 2. The normalized spacial score (nSPS) is 10.2. The molecular formula is C15H16ClNO. The van der Waals surface area contributed by atoms with Crippen LogP contribution < -0.4 is 10.1 Å². The molecule has 0 saturated carbocycles. The maximum absolute atomic E-state index is 6.10. The van der Waals surface area contributed by atoms with Gasteiger partial charge in [0, 0.05) is 11.6 Å². The van der Waals surface area contributed by atoms with Crippen molar-refractivity contribution >= 4 is 17.3 Å². The van der Waals surface area contributed by atoms with Crippen LogP contribution in [0, 0.1) is 6.92 Å². The molecule has 18 heavy (non-hydrogen) atoms. The first-order chi connectivity index (χ1) is 8.70. The maximum Gasteiger partial charge on any atom is 0.141 e. The molecule has 2 nitrogen and oxygen atoms in total. The molecule has 2 aromatic carbocycles. The number of rotatable bonds is 4. The molecule has 0 atom stereocenters. The van der Waals surface area contributed by atoms with Gasteiger partial charge in [-0.15, -0.1) is 0 Å². The highest BCUT2D eigenvalue weighted by atomic mass is 35.5. The van der Waals surface area contributed by atoms with Crippen molar-refractivity contribution in [1.82, 2.24) is 0 Å². The summed E-state index contributed by atoms with van der Waals surface area (Å²) in [6.45, 7) is 2.72. The third kappa shape index (κ3) is 2.96. The molecule has 0 aromatic heterocycles. The van der Waals surface area contributed by atoms with Gasteiger partial charge in [0.2, 0.25) is 0 Å². The van der Waals surface area contributed by atoms with Crippen LogP contribution in [0.2, 0.25) is 5.02 Å². The average molecular weight is 262 g/mol. The zero-order valence-corrected chi connectivity index (χ0v) is 11.3. The lowest BCUT2D eigenvalue weighted by molar-refractivity contribution is 0.416. The van der Waals surface area contributed by atoms with Crippen molar-refractivity contribution in [2.45, 2.75) is 13.5 Å². The summed E-state index contributed by atoms with van der Waals surface area (Å²) in [5, 5.41) is 4.14. The fourth-order valence-corrected chi connectivity index (χ4v) is 1.94. The van der Waals surface area contributed by atoms with E-state index >= 15 is 0 Å². The van der Waals surface area contributed by atoms with Crippen molar-refractivity contribution in [1.29, 1.82) is 0 Å². The summed E-state index contributed by atoms with van der Waals surface area (Å²) >= 11 is 6.10. The Morgan fingerprint density at radius 1 is 1.17 bits per heavy atom. The first-order valence-corrected chi connectivity index (χ1v) is 6.20. The standard InChI is InChI=1S/C15H16ClNO/c1-11-7-8-12(9-13(11)16)10-17-14-5-3-4-6-15(14)18-2/h3-9,17H,10H2,1-2H3. The van der Waals surface area contributed by atoms with Gasteiger partial charge in [-0.1, -0.05) is 35.9 Å². The Balaban J connectivity index is 2.09. The number of nitrogens with one attached hydrogen (secondary N) is 1. The molecule has 0 fully saturated rings. The van der Waals surface area contributed by atoms with Gasteiger partial charge in [-0.25, -0.2) is 0 Å². The Morgan fingerprint density at radius 3 is 2.67 bits per heavy atom. The summed E-state index contributed by atoms with van der Waals surface area (Å²) in [5.74, 6) is 0.843. The van der Waals surface area contributed by atoms with Gasteiger partial charge in [0.1, 0.15) is 5.75 Å². The lowest BCUT2D eigenvalue weighted by Gasteiger charge is -2.11. The molecule has 0 unspecified atom stereocenters. The summed E-state index contributed by atoms with van der Waals surface area (Å²) in [6.07, 6.45) is 0. The van der Waals surface area contributed by atoms with E-state index in [4.69, 9.17) is 16.3 Å².